The molecule has 1 aromatic heterocycles. The number of rotatable bonds is 4. The van der Waals surface area contributed by atoms with Gasteiger partial charge in [0.2, 0.25) is 0 Å². The van der Waals surface area contributed by atoms with E-state index in [0.29, 0.717) is 28.7 Å². The van der Waals surface area contributed by atoms with E-state index in [4.69, 9.17) is 19.5 Å². The minimum Gasteiger partial charge on any atom is -0.496 e. The lowest BCUT2D eigenvalue weighted by Gasteiger charge is -2.09. The van der Waals surface area contributed by atoms with Gasteiger partial charge in [-0.2, -0.15) is 5.26 Å². The predicted molar refractivity (Wildman–Crippen MR) is 68.6 cm³/mol. The third kappa shape index (κ3) is 3.13. The van der Waals surface area contributed by atoms with Crippen LogP contribution in [0.15, 0.2) is 36.5 Å². The van der Waals surface area contributed by atoms with Gasteiger partial charge in [-0.3, -0.25) is 0 Å². The average Bonchev–Trinajstić information content (AvgIpc) is 2.47. The fraction of sp³-hybridized carbons (Fsp3) is 0.143. The largest absolute Gasteiger partial charge is 0.496 e. The van der Waals surface area contributed by atoms with Crippen LogP contribution in [-0.2, 0) is 0 Å². The van der Waals surface area contributed by atoms with E-state index < -0.39 is 0 Å². The highest BCUT2D eigenvalue weighted by molar-refractivity contribution is 5.44. The van der Waals surface area contributed by atoms with E-state index in [1.54, 1.807) is 44.6 Å². The van der Waals surface area contributed by atoms with E-state index >= 15 is 0 Å². The number of aromatic nitrogens is 1. The summed E-state index contributed by atoms with van der Waals surface area (Å²) in [7, 11) is 3.14. The van der Waals surface area contributed by atoms with Crippen LogP contribution in [0.25, 0.3) is 0 Å². The molecule has 1 aromatic carbocycles. The molecular formula is C14H12N2O3. The van der Waals surface area contributed by atoms with Gasteiger partial charge in [0.25, 0.3) is 0 Å². The van der Waals surface area contributed by atoms with Gasteiger partial charge in [-0.1, -0.05) is 0 Å². The van der Waals surface area contributed by atoms with Crippen LogP contribution in [0.4, 0.5) is 0 Å². The molecule has 0 amide bonds. The molecule has 2 rings (SSSR count). The van der Waals surface area contributed by atoms with Crippen LogP contribution in [0, 0.1) is 11.3 Å². The van der Waals surface area contributed by atoms with Crippen LogP contribution in [0.3, 0.4) is 0 Å². The summed E-state index contributed by atoms with van der Waals surface area (Å²) in [6, 6.07) is 10.4. The molecule has 0 radical (unpaired) electrons. The summed E-state index contributed by atoms with van der Waals surface area (Å²) >= 11 is 0. The summed E-state index contributed by atoms with van der Waals surface area (Å²) < 4.78 is 16.0. The quantitative estimate of drug-likeness (QED) is 0.841. The minimum absolute atomic E-state index is 0.298. The number of ether oxygens (including phenoxy) is 3. The molecule has 0 aliphatic rings. The third-order valence-corrected chi connectivity index (χ3v) is 2.41. The number of pyridine rings is 1. The van der Waals surface area contributed by atoms with Gasteiger partial charge in [0.1, 0.15) is 34.8 Å². The van der Waals surface area contributed by atoms with Crippen LogP contribution in [-0.4, -0.2) is 19.2 Å². The lowest BCUT2D eigenvalue weighted by molar-refractivity contribution is 0.386. The first kappa shape index (κ1) is 12.7. The van der Waals surface area contributed by atoms with E-state index in [2.05, 4.69) is 4.98 Å². The molecule has 0 bridgehead atoms. The van der Waals surface area contributed by atoms with Gasteiger partial charge in [0.15, 0.2) is 0 Å². The monoisotopic (exact) mass is 256 g/mol. The van der Waals surface area contributed by atoms with Crippen molar-refractivity contribution in [3.63, 3.8) is 0 Å². The second-order valence-corrected chi connectivity index (χ2v) is 3.64. The molecule has 0 spiro atoms. The Morgan fingerprint density at radius 2 is 1.58 bits per heavy atom. The molecule has 5 nitrogen and oxygen atoms in total. The van der Waals surface area contributed by atoms with Crippen molar-refractivity contribution in [2.45, 2.75) is 0 Å². The maximum absolute atomic E-state index is 8.78. The van der Waals surface area contributed by atoms with Crippen molar-refractivity contribution in [1.82, 2.24) is 4.98 Å². The molecule has 0 aliphatic carbocycles. The van der Waals surface area contributed by atoms with Crippen LogP contribution in [0.2, 0.25) is 0 Å². The van der Waals surface area contributed by atoms with Crippen LogP contribution < -0.4 is 14.2 Å². The van der Waals surface area contributed by atoms with Gasteiger partial charge in [-0.25, -0.2) is 4.98 Å². The van der Waals surface area contributed by atoms with Crippen molar-refractivity contribution >= 4 is 0 Å². The lowest BCUT2D eigenvalue weighted by Crippen LogP contribution is -1.91. The van der Waals surface area contributed by atoms with Gasteiger partial charge < -0.3 is 14.2 Å². The van der Waals surface area contributed by atoms with Crippen LogP contribution >= 0.6 is 0 Å². The molecule has 19 heavy (non-hydrogen) atoms. The summed E-state index contributed by atoms with van der Waals surface area (Å²) in [5.41, 5.74) is 0.298. The Morgan fingerprint density at radius 1 is 0.947 bits per heavy atom. The van der Waals surface area contributed by atoms with Crippen molar-refractivity contribution in [3.8, 4) is 29.1 Å². The van der Waals surface area contributed by atoms with E-state index in [0.717, 1.165) is 0 Å². The summed E-state index contributed by atoms with van der Waals surface area (Å²) in [6.07, 6.45) is 1.52. The maximum atomic E-state index is 8.78. The summed E-state index contributed by atoms with van der Waals surface area (Å²) in [5.74, 6) is 2.35. The highest BCUT2D eigenvalue weighted by Gasteiger charge is 2.05. The normalized spacial score (nSPS) is 9.53. The van der Waals surface area contributed by atoms with Gasteiger partial charge in [0, 0.05) is 30.5 Å². The number of hydrogen-bond acceptors (Lipinski definition) is 5. The zero-order valence-corrected chi connectivity index (χ0v) is 10.6. The average molecular weight is 256 g/mol. The molecule has 5 heteroatoms. The Hall–Kier alpha value is -2.74. The summed E-state index contributed by atoms with van der Waals surface area (Å²) in [5, 5.41) is 8.78. The van der Waals surface area contributed by atoms with Crippen molar-refractivity contribution in [2.75, 3.05) is 14.2 Å². The molecule has 0 saturated carbocycles. The fourth-order valence-electron chi connectivity index (χ4n) is 1.51. The summed E-state index contributed by atoms with van der Waals surface area (Å²) in [4.78, 5) is 3.88. The number of nitriles is 1. The lowest BCUT2D eigenvalue weighted by atomic mass is 10.3. The van der Waals surface area contributed by atoms with Gasteiger partial charge in [-0.15, -0.1) is 0 Å². The zero-order chi connectivity index (χ0) is 13.7. The molecule has 96 valence electrons. The third-order valence-electron chi connectivity index (χ3n) is 2.41. The van der Waals surface area contributed by atoms with Gasteiger partial charge in [0.05, 0.1) is 14.2 Å². The van der Waals surface area contributed by atoms with Gasteiger partial charge in [-0.05, 0) is 6.07 Å². The van der Waals surface area contributed by atoms with Crippen molar-refractivity contribution in [2.24, 2.45) is 0 Å². The number of hydrogen-bond donors (Lipinski definition) is 0. The van der Waals surface area contributed by atoms with E-state index in [-0.39, 0.29) is 0 Å². The molecule has 0 unspecified atom stereocenters. The van der Waals surface area contributed by atoms with Gasteiger partial charge >= 0.3 is 0 Å². The molecule has 0 saturated heterocycles. The second kappa shape index (κ2) is 5.74. The first-order valence-electron chi connectivity index (χ1n) is 5.52. The van der Waals surface area contributed by atoms with E-state index in [9.17, 15) is 0 Å². The molecule has 0 atom stereocenters. The highest BCUT2D eigenvalue weighted by atomic mass is 16.5. The first-order chi connectivity index (χ1) is 9.25. The number of methoxy groups -OCH3 is 2. The van der Waals surface area contributed by atoms with Crippen molar-refractivity contribution in [1.29, 1.82) is 5.26 Å². The smallest absolute Gasteiger partial charge is 0.144 e. The Bertz CT molecular complexity index is 598. The van der Waals surface area contributed by atoms with Crippen LogP contribution in [0.5, 0.6) is 23.0 Å². The minimum atomic E-state index is 0.298. The second-order valence-electron chi connectivity index (χ2n) is 3.64. The molecule has 0 fully saturated rings. The topological polar surface area (TPSA) is 64.4 Å². The molecule has 1 heterocycles. The molecule has 0 N–H and O–H groups in total. The number of benzene rings is 1. The molecular weight excluding hydrogens is 244 g/mol. The van der Waals surface area contributed by atoms with Crippen molar-refractivity contribution < 1.29 is 14.2 Å². The Kier molecular flexibility index (Phi) is 3.84. The Morgan fingerprint density at radius 3 is 2.16 bits per heavy atom. The highest BCUT2D eigenvalue weighted by Crippen LogP contribution is 2.30. The van der Waals surface area contributed by atoms with Crippen molar-refractivity contribution in [3.05, 3.63) is 42.2 Å². The van der Waals surface area contributed by atoms with E-state index in [1.165, 1.54) is 6.20 Å². The first-order valence-corrected chi connectivity index (χ1v) is 5.52. The summed E-state index contributed by atoms with van der Waals surface area (Å²) in [6.45, 7) is 0. The number of nitrogens with zero attached hydrogens (tertiary/aromatic N) is 2. The molecule has 0 aliphatic heterocycles. The fourth-order valence-corrected chi connectivity index (χ4v) is 1.51. The predicted octanol–water partition coefficient (Wildman–Crippen LogP) is 2.76. The maximum Gasteiger partial charge on any atom is 0.144 e. The van der Waals surface area contributed by atoms with Crippen LogP contribution in [0.1, 0.15) is 5.69 Å². The molecule has 2 aromatic rings. The SMILES string of the molecule is COc1cc(OC)cc(Oc2ccnc(C#N)c2)c1. The van der Waals surface area contributed by atoms with E-state index in [1.807, 2.05) is 6.07 Å². The Labute approximate surface area is 111 Å². The zero-order valence-electron chi connectivity index (χ0n) is 10.6. The standard InChI is InChI=1S/C14H12N2O3/c1-17-12-6-13(18-2)8-14(7-12)19-11-3-4-16-10(5-11)9-15/h3-8H,1-2H3. The Balaban J connectivity index is 2.29.